The Labute approximate surface area is 105 Å². The van der Waals surface area contributed by atoms with Crippen molar-refractivity contribution in [2.75, 3.05) is 0 Å². The summed E-state index contributed by atoms with van der Waals surface area (Å²) in [5.74, 6) is -0.799. The van der Waals surface area contributed by atoms with E-state index in [0.29, 0.717) is 5.39 Å². The number of amides is 1. The summed E-state index contributed by atoms with van der Waals surface area (Å²) in [4.78, 5) is 22.5. The molecular weight excluding hydrogens is 261 g/mol. The van der Waals surface area contributed by atoms with Crippen LogP contribution in [0.25, 0.3) is 10.9 Å². The van der Waals surface area contributed by atoms with E-state index in [0.717, 1.165) is 16.7 Å². The third kappa shape index (κ3) is 2.59. The van der Waals surface area contributed by atoms with Gasteiger partial charge in [0.15, 0.2) is 0 Å². The minimum Gasteiger partial charge on any atom is -0.368 e. The number of carbonyl (C=O) groups is 1. The fourth-order valence-electron chi connectivity index (χ4n) is 1.78. The molecule has 0 aliphatic rings. The number of hydrogen-bond donors (Lipinski definition) is 1. The van der Waals surface area contributed by atoms with Crippen molar-refractivity contribution in [3.8, 4) is 0 Å². The Balaban J connectivity index is 2.74. The molecule has 0 radical (unpaired) electrons. The fraction of sp³-hybridized carbons (Fsp3) is 0.167. The van der Waals surface area contributed by atoms with Crippen molar-refractivity contribution >= 4 is 16.8 Å². The molecule has 0 aliphatic carbocycles. The number of rotatable bonds is 2. The normalized spacial score (nSPS) is 11.7. The second-order valence-electron chi connectivity index (χ2n) is 4.00. The van der Waals surface area contributed by atoms with Gasteiger partial charge >= 0.3 is 6.18 Å². The molecule has 0 spiro atoms. The van der Waals surface area contributed by atoms with E-state index in [4.69, 9.17) is 5.73 Å². The summed E-state index contributed by atoms with van der Waals surface area (Å²) < 4.78 is 38.8. The minimum absolute atomic E-state index is 0.0288. The van der Waals surface area contributed by atoms with Crippen molar-refractivity contribution in [3.63, 3.8) is 0 Å². The SMILES string of the molecule is NC(=O)Cn1c(=O)ccc2ccc(C(F)(F)F)cc21. The summed E-state index contributed by atoms with van der Waals surface area (Å²) in [5, 5.41) is 0.425. The number of carbonyl (C=O) groups excluding carboxylic acids is 1. The number of aromatic nitrogens is 1. The van der Waals surface area contributed by atoms with Crippen LogP contribution in [0.1, 0.15) is 5.56 Å². The molecule has 0 unspecified atom stereocenters. The van der Waals surface area contributed by atoms with Crippen molar-refractivity contribution in [1.82, 2.24) is 4.57 Å². The number of hydrogen-bond acceptors (Lipinski definition) is 2. The van der Waals surface area contributed by atoms with Gasteiger partial charge in [-0.05, 0) is 23.6 Å². The Kier molecular flexibility index (Phi) is 3.05. The van der Waals surface area contributed by atoms with Gasteiger partial charge in [-0.2, -0.15) is 13.2 Å². The van der Waals surface area contributed by atoms with E-state index in [1.807, 2.05) is 0 Å². The Hall–Kier alpha value is -2.31. The van der Waals surface area contributed by atoms with Crippen LogP contribution in [0.3, 0.4) is 0 Å². The largest absolute Gasteiger partial charge is 0.416 e. The first-order valence-electron chi connectivity index (χ1n) is 5.28. The highest BCUT2D eigenvalue weighted by Gasteiger charge is 2.30. The maximum absolute atomic E-state index is 12.6. The monoisotopic (exact) mass is 270 g/mol. The zero-order valence-electron chi connectivity index (χ0n) is 9.57. The molecule has 1 aromatic heterocycles. The standard InChI is InChI=1S/C12H9F3N2O2/c13-12(14,15)8-3-1-7-2-4-11(19)17(6-10(16)18)9(7)5-8/h1-5H,6H2,(H2,16,18). The third-order valence-corrected chi connectivity index (χ3v) is 2.63. The molecule has 1 heterocycles. The van der Waals surface area contributed by atoms with Crippen LogP contribution in [0.2, 0.25) is 0 Å². The lowest BCUT2D eigenvalue weighted by molar-refractivity contribution is -0.137. The van der Waals surface area contributed by atoms with Crippen molar-refractivity contribution in [2.24, 2.45) is 5.73 Å². The van der Waals surface area contributed by atoms with Crippen LogP contribution < -0.4 is 11.3 Å². The van der Waals surface area contributed by atoms with Gasteiger partial charge in [0.1, 0.15) is 6.54 Å². The van der Waals surface area contributed by atoms with Gasteiger partial charge in [-0.1, -0.05) is 6.07 Å². The van der Waals surface area contributed by atoms with Crippen molar-refractivity contribution < 1.29 is 18.0 Å². The predicted octanol–water partition coefficient (Wildman–Crippen LogP) is 1.51. The lowest BCUT2D eigenvalue weighted by Crippen LogP contribution is -2.27. The molecule has 0 bridgehead atoms. The average Bonchev–Trinajstić information content (AvgIpc) is 2.30. The van der Waals surface area contributed by atoms with Gasteiger partial charge in [-0.25, -0.2) is 0 Å². The van der Waals surface area contributed by atoms with Crippen LogP contribution in [-0.2, 0) is 17.5 Å². The van der Waals surface area contributed by atoms with Crippen LogP contribution in [0.15, 0.2) is 35.1 Å². The molecule has 2 rings (SSSR count). The number of nitrogens with zero attached hydrogens (tertiary/aromatic N) is 1. The van der Waals surface area contributed by atoms with Crippen LogP contribution in [0, 0.1) is 0 Å². The average molecular weight is 270 g/mol. The van der Waals surface area contributed by atoms with E-state index >= 15 is 0 Å². The summed E-state index contributed by atoms with van der Waals surface area (Å²) in [6, 6.07) is 5.57. The zero-order valence-corrected chi connectivity index (χ0v) is 9.57. The lowest BCUT2D eigenvalue weighted by Gasteiger charge is -2.11. The van der Waals surface area contributed by atoms with Crippen LogP contribution in [0.4, 0.5) is 13.2 Å². The molecule has 0 atom stereocenters. The number of alkyl halides is 3. The number of benzene rings is 1. The number of primary amides is 1. The number of halogens is 3. The first kappa shape index (κ1) is 13.1. The molecule has 2 N–H and O–H groups in total. The molecule has 0 aliphatic heterocycles. The van der Waals surface area contributed by atoms with Gasteiger partial charge in [0.05, 0.1) is 11.1 Å². The van der Waals surface area contributed by atoms with Gasteiger partial charge in [0, 0.05) is 6.07 Å². The molecule has 19 heavy (non-hydrogen) atoms. The highest BCUT2D eigenvalue weighted by molar-refractivity contribution is 5.82. The van der Waals surface area contributed by atoms with Crippen LogP contribution >= 0.6 is 0 Å². The number of pyridine rings is 1. The molecule has 0 fully saturated rings. The molecule has 4 nitrogen and oxygen atoms in total. The predicted molar refractivity (Wildman–Crippen MR) is 62.4 cm³/mol. The van der Waals surface area contributed by atoms with E-state index in [-0.39, 0.29) is 5.52 Å². The molecule has 2 aromatic rings. The van der Waals surface area contributed by atoms with Gasteiger partial charge in [-0.3, -0.25) is 14.2 Å². The van der Waals surface area contributed by atoms with Gasteiger partial charge in [0.2, 0.25) is 5.91 Å². The van der Waals surface area contributed by atoms with E-state index in [9.17, 15) is 22.8 Å². The number of nitrogens with two attached hydrogens (primary N) is 1. The van der Waals surface area contributed by atoms with Crippen molar-refractivity contribution in [3.05, 3.63) is 46.2 Å². The second-order valence-corrected chi connectivity index (χ2v) is 4.00. The maximum Gasteiger partial charge on any atom is 0.416 e. The second kappa shape index (κ2) is 4.42. The Bertz CT molecular complexity index is 704. The van der Waals surface area contributed by atoms with E-state index in [1.165, 1.54) is 18.2 Å². The van der Waals surface area contributed by atoms with E-state index in [1.54, 1.807) is 0 Å². The minimum atomic E-state index is -4.52. The highest BCUT2D eigenvalue weighted by Crippen LogP contribution is 2.31. The van der Waals surface area contributed by atoms with E-state index < -0.39 is 29.8 Å². The summed E-state index contributed by atoms with van der Waals surface area (Å²) in [7, 11) is 0. The molecule has 1 amide bonds. The van der Waals surface area contributed by atoms with E-state index in [2.05, 4.69) is 0 Å². The third-order valence-electron chi connectivity index (χ3n) is 2.63. The zero-order chi connectivity index (χ0) is 14.2. The molecule has 7 heteroatoms. The summed E-state index contributed by atoms with van der Waals surface area (Å²) in [6.45, 7) is -0.461. The quantitative estimate of drug-likeness (QED) is 0.898. The summed E-state index contributed by atoms with van der Waals surface area (Å²) in [5.41, 5.74) is 3.55. The van der Waals surface area contributed by atoms with Crippen molar-refractivity contribution in [1.29, 1.82) is 0 Å². The Morgan fingerprint density at radius 1 is 1.21 bits per heavy atom. The van der Waals surface area contributed by atoms with Crippen LogP contribution in [0.5, 0.6) is 0 Å². The topological polar surface area (TPSA) is 65.1 Å². The summed E-state index contributed by atoms with van der Waals surface area (Å²) in [6.07, 6.45) is -4.52. The maximum atomic E-state index is 12.6. The molecule has 0 saturated heterocycles. The summed E-state index contributed by atoms with van der Waals surface area (Å²) >= 11 is 0. The lowest BCUT2D eigenvalue weighted by atomic mass is 10.1. The fourth-order valence-corrected chi connectivity index (χ4v) is 1.78. The molecule has 100 valence electrons. The Morgan fingerprint density at radius 3 is 2.42 bits per heavy atom. The smallest absolute Gasteiger partial charge is 0.368 e. The van der Waals surface area contributed by atoms with Crippen molar-refractivity contribution in [2.45, 2.75) is 12.7 Å². The van der Waals surface area contributed by atoms with Gasteiger partial charge in [0.25, 0.3) is 5.56 Å². The van der Waals surface area contributed by atoms with Crippen LogP contribution in [-0.4, -0.2) is 10.5 Å². The Morgan fingerprint density at radius 2 is 1.84 bits per heavy atom. The molecule has 0 saturated carbocycles. The van der Waals surface area contributed by atoms with Gasteiger partial charge in [-0.15, -0.1) is 0 Å². The number of fused-ring (bicyclic) bond motifs is 1. The molecular formula is C12H9F3N2O2. The first-order chi connectivity index (χ1) is 8.79. The first-order valence-corrected chi connectivity index (χ1v) is 5.28. The highest BCUT2D eigenvalue weighted by atomic mass is 19.4. The van der Waals surface area contributed by atoms with Gasteiger partial charge < -0.3 is 5.73 Å². The molecule has 1 aromatic carbocycles.